The number of nitrogens with two attached hydrogens (primary N) is 1. The van der Waals surface area contributed by atoms with Crippen molar-refractivity contribution >= 4 is 29.3 Å². The number of nitrogens with one attached hydrogen (secondary N) is 1. The number of rotatable bonds is 11. The molecular weight excluding hydrogens is 698 g/mol. The van der Waals surface area contributed by atoms with Crippen LogP contribution in [-0.4, -0.2) is 75.8 Å². The summed E-state index contributed by atoms with van der Waals surface area (Å²) in [6, 6.07) is 23.3. The third kappa shape index (κ3) is 9.05. The van der Waals surface area contributed by atoms with Crippen LogP contribution < -0.4 is 16.0 Å². The van der Waals surface area contributed by atoms with Gasteiger partial charge in [0.1, 0.15) is 23.7 Å². The monoisotopic (exact) mass is 747 g/mol. The molecule has 288 valence electrons. The van der Waals surface area contributed by atoms with E-state index in [-0.39, 0.29) is 49.4 Å². The molecule has 0 aromatic heterocycles. The first kappa shape index (κ1) is 39.2. The SMILES string of the molecule is CCC(=O)N(c1ccccc1)C1CCN(C(=O)[C@H](Cc2ccc(F)cc2)NC(=O)[C@@H]2Cc3ccccc3CN2C(=O)[C@H](N)Cc2c(C)cc(O)cc2C)CC1. The van der Waals surface area contributed by atoms with Gasteiger partial charge in [-0.1, -0.05) is 61.5 Å². The van der Waals surface area contributed by atoms with E-state index >= 15 is 0 Å². The van der Waals surface area contributed by atoms with Gasteiger partial charge in [0.25, 0.3) is 0 Å². The van der Waals surface area contributed by atoms with Gasteiger partial charge in [-0.3, -0.25) is 19.2 Å². The molecule has 0 saturated carbocycles. The molecule has 0 bridgehead atoms. The molecule has 4 aromatic rings. The first-order chi connectivity index (χ1) is 26.4. The Hall–Kier alpha value is -5.55. The van der Waals surface area contributed by atoms with E-state index in [0.717, 1.165) is 33.5 Å². The fraction of sp³-hybridized carbons (Fsp3) is 0.364. The summed E-state index contributed by atoms with van der Waals surface area (Å²) in [6.07, 6.45) is 2.04. The van der Waals surface area contributed by atoms with Crippen molar-refractivity contribution in [2.24, 2.45) is 5.73 Å². The highest BCUT2D eigenvalue weighted by Crippen LogP contribution is 2.28. The predicted octanol–water partition coefficient (Wildman–Crippen LogP) is 5.13. The average Bonchev–Trinajstić information content (AvgIpc) is 3.19. The fourth-order valence-electron chi connectivity index (χ4n) is 8.01. The Kier molecular flexibility index (Phi) is 12.3. The number of phenolic OH excluding ortho intramolecular Hbond substituents is 1. The highest BCUT2D eigenvalue weighted by Gasteiger charge is 2.39. The Morgan fingerprint density at radius 2 is 1.49 bits per heavy atom. The summed E-state index contributed by atoms with van der Waals surface area (Å²) in [5.41, 5.74) is 12.4. The van der Waals surface area contributed by atoms with Crippen molar-refractivity contribution in [1.82, 2.24) is 15.1 Å². The van der Waals surface area contributed by atoms with E-state index in [1.165, 1.54) is 17.0 Å². The molecule has 4 aromatic carbocycles. The lowest BCUT2D eigenvalue weighted by molar-refractivity contribution is -0.144. The van der Waals surface area contributed by atoms with E-state index in [4.69, 9.17) is 5.73 Å². The number of nitrogens with zero attached hydrogens (tertiary/aromatic N) is 3. The third-order valence-electron chi connectivity index (χ3n) is 11.0. The number of halogens is 1. The summed E-state index contributed by atoms with van der Waals surface area (Å²) < 4.78 is 13.9. The maximum atomic E-state index is 14.4. The number of aromatic hydroxyl groups is 1. The molecule has 55 heavy (non-hydrogen) atoms. The molecule has 2 aliphatic rings. The third-order valence-corrected chi connectivity index (χ3v) is 11.0. The number of para-hydroxylation sites is 1. The number of carbonyl (C=O) groups is 4. The minimum absolute atomic E-state index is 0.0126. The Labute approximate surface area is 322 Å². The highest BCUT2D eigenvalue weighted by molar-refractivity contribution is 5.95. The molecular formula is C44H50FN5O5. The number of anilines is 1. The second-order valence-corrected chi connectivity index (χ2v) is 14.7. The van der Waals surface area contributed by atoms with Gasteiger partial charge in [-0.25, -0.2) is 4.39 Å². The summed E-state index contributed by atoms with van der Waals surface area (Å²) in [7, 11) is 0. The summed E-state index contributed by atoms with van der Waals surface area (Å²) >= 11 is 0. The van der Waals surface area contributed by atoms with Crippen molar-refractivity contribution in [3.63, 3.8) is 0 Å². The van der Waals surface area contributed by atoms with E-state index in [9.17, 15) is 28.7 Å². The number of piperidine rings is 1. The molecule has 4 N–H and O–H groups in total. The van der Waals surface area contributed by atoms with Crippen LogP contribution in [0.25, 0.3) is 0 Å². The molecule has 11 heteroatoms. The lowest BCUT2D eigenvalue weighted by Gasteiger charge is -2.40. The number of amides is 4. The van der Waals surface area contributed by atoms with Crippen LogP contribution in [0.15, 0.2) is 91.0 Å². The van der Waals surface area contributed by atoms with E-state index < -0.39 is 35.8 Å². The maximum Gasteiger partial charge on any atom is 0.245 e. The second kappa shape index (κ2) is 17.3. The number of aryl methyl sites for hydroxylation is 2. The Morgan fingerprint density at radius 3 is 2.13 bits per heavy atom. The van der Waals surface area contributed by atoms with Crippen LogP contribution in [0.4, 0.5) is 10.1 Å². The zero-order chi connectivity index (χ0) is 39.2. The minimum Gasteiger partial charge on any atom is -0.508 e. The molecule has 0 aliphatic carbocycles. The molecule has 3 atom stereocenters. The zero-order valence-corrected chi connectivity index (χ0v) is 31.7. The molecule has 0 unspecified atom stereocenters. The van der Waals surface area contributed by atoms with Crippen molar-refractivity contribution < 1.29 is 28.7 Å². The zero-order valence-electron chi connectivity index (χ0n) is 31.7. The number of likely N-dealkylation sites (tertiary alicyclic amines) is 1. The van der Waals surface area contributed by atoms with E-state index in [0.29, 0.717) is 37.9 Å². The predicted molar refractivity (Wildman–Crippen MR) is 210 cm³/mol. The van der Waals surface area contributed by atoms with E-state index in [1.807, 2.05) is 80.3 Å². The molecule has 1 fully saturated rings. The van der Waals surface area contributed by atoms with Gasteiger partial charge in [-0.15, -0.1) is 0 Å². The number of hydrogen-bond donors (Lipinski definition) is 3. The van der Waals surface area contributed by atoms with Crippen molar-refractivity contribution in [3.05, 3.63) is 130 Å². The summed E-state index contributed by atoms with van der Waals surface area (Å²) in [4.78, 5) is 61.2. The van der Waals surface area contributed by atoms with Gasteiger partial charge < -0.3 is 30.9 Å². The number of phenols is 1. The van der Waals surface area contributed by atoms with Crippen molar-refractivity contribution in [1.29, 1.82) is 0 Å². The second-order valence-electron chi connectivity index (χ2n) is 14.7. The average molecular weight is 748 g/mol. The number of benzene rings is 4. The Morgan fingerprint density at radius 1 is 0.873 bits per heavy atom. The highest BCUT2D eigenvalue weighted by atomic mass is 19.1. The normalized spacial score (nSPS) is 16.9. The molecule has 0 spiro atoms. The van der Waals surface area contributed by atoms with Crippen LogP contribution in [0.1, 0.15) is 59.6 Å². The van der Waals surface area contributed by atoms with Crippen LogP contribution in [0.2, 0.25) is 0 Å². The van der Waals surface area contributed by atoms with Crippen LogP contribution in [0, 0.1) is 19.7 Å². The van der Waals surface area contributed by atoms with E-state index in [1.54, 1.807) is 29.2 Å². The van der Waals surface area contributed by atoms with Crippen molar-refractivity contribution in [2.75, 3.05) is 18.0 Å². The molecule has 2 aliphatic heterocycles. The fourth-order valence-corrected chi connectivity index (χ4v) is 8.01. The first-order valence-electron chi connectivity index (χ1n) is 19.1. The standard InChI is InChI=1S/C44H50FN5O5/c1-4-41(52)50(34-12-6-5-7-13-34)35-18-20-48(21-19-35)44(55)39(24-30-14-16-33(45)17-15-30)47-42(53)40-25-31-10-8-9-11-32(31)27-49(40)43(54)38(46)26-37-28(2)22-36(51)23-29(37)3/h5-17,22-23,35,38-40,51H,4,18-21,24-27,46H2,1-3H3,(H,47,53)/t38-,39+,40+/m1/s1. The summed E-state index contributed by atoms with van der Waals surface area (Å²) in [6.45, 7) is 6.49. The van der Waals surface area contributed by atoms with Gasteiger partial charge in [-0.05, 0) is 103 Å². The lowest BCUT2D eigenvalue weighted by Crippen LogP contribution is -2.60. The number of fused-ring (bicyclic) bond motifs is 1. The molecule has 4 amide bonds. The smallest absolute Gasteiger partial charge is 0.245 e. The quantitative estimate of drug-likeness (QED) is 0.195. The number of carbonyl (C=O) groups excluding carboxylic acids is 4. The van der Waals surface area contributed by atoms with Crippen molar-refractivity contribution in [3.8, 4) is 5.75 Å². The lowest BCUT2D eigenvalue weighted by atomic mass is 9.91. The summed E-state index contributed by atoms with van der Waals surface area (Å²) in [5, 5.41) is 13.1. The van der Waals surface area contributed by atoms with Crippen molar-refractivity contribution in [2.45, 2.75) is 90.0 Å². The van der Waals surface area contributed by atoms with Crippen LogP contribution in [0.3, 0.4) is 0 Å². The summed E-state index contributed by atoms with van der Waals surface area (Å²) in [5.74, 6) is -1.42. The maximum absolute atomic E-state index is 14.4. The minimum atomic E-state index is -0.998. The Balaban J connectivity index is 1.23. The van der Waals surface area contributed by atoms with Crippen LogP contribution in [0.5, 0.6) is 5.75 Å². The van der Waals surface area contributed by atoms with Gasteiger partial charge in [0.15, 0.2) is 0 Å². The molecule has 1 saturated heterocycles. The van der Waals surface area contributed by atoms with Gasteiger partial charge in [0.2, 0.25) is 23.6 Å². The van der Waals surface area contributed by atoms with Crippen LogP contribution >= 0.6 is 0 Å². The topological polar surface area (TPSA) is 136 Å². The molecule has 0 radical (unpaired) electrons. The van der Waals surface area contributed by atoms with Gasteiger partial charge in [-0.2, -0.15) is 0 Å². The van der Waals surface area contributed by atoms with Crippen LogP contribution in [-0.2, 0) is 45.0 Å². The number of hydrogen-bond acceptors (Lipinski definition) is 6. The largest absolute Gasteiger partial charge is 0.508 e. The van der Waals surface area contributed by atoms with Gasteiger partial charge >= 0.3 is 0 Å². The molecule has 6 rings (SSSR count). The Bertz CT molecular complexity index is 1990. The molecule has 2 heterocycles. The molecule has 10 nitrogen and oxygen atoms in total. The van der Waals surface area contributed by atoms with Gasteiger partial charge in [0, 0.05) is 50.6 Å². The van der Waals surface area contributed by atoms with E-state index in [2.05, 4.69) is 5.32 Å². The van der Waals surface area contributed by atoms with Gasteiger partial charge in [0.05, 0.1) is 6.04 Å². The first-order valence-corrected chi connectivity index (χ1v) is 19.1.